The number of nitrogens with zero attached hydrogens (tertiary/aromatic N) is 3. The fourth-order valence-corrected chi connectivity index (χ4v) is 3.06. The molecule has 0 atom stereocenters. The minimum Gasteiger partial charge on any atom is -0.334 e. The van der Waals surface area contributed by atoms with Gasteiger partial charge in [-0.05, 0) is 12.5 Å². The maximum Gasteiger partial charge on any atom is 0.262 e. The molecule has 2 aromatic heterocycles. The van der Waals surface area contributed by atoms with Crippen LogP contribution in [0.25, 0.3) is 10.2 Å². The number of thiophene rings is 1. The second-order valence-electron chi connectivity index (χ2n) is 4.84. The number of fused-ring (bicyclic) bond motifs is 1. The number of hydrogen-bond acceptors (Lipinski definition) is 4. The van der Waals surface area contributed by atoms with Gasteiger partial charge >= 0.3 is 0 Å². The topological polar surface area (TPSA) is 55.2 Å². The van der Waals surface area contributed by atoms with Crippen LogP contribution >= 0.6 is 11.3 Å². The van der Waals surface area contributed by atoms with E-state index in [0.717, 1.165) is 16.1 Å². The molecule has 0 aliphatic heterocycles. The SMILES string of the molecule is C=CCN(CC=C)C(=O)Cn1cnc2sc(CC)cc2c1=O. The number of rotatable bonds is 7. The lowest BCUT2D eigenvalue weighted by Gasteiger charge is -2.19. The normalized spacial score (nSPS) is 10.6. The minimum atomic E-state index is -0.175. The number of carbonyl (C=O) groups is 1. The van der Waals surface area contributed by atoms with Crippen molar-refractivity contribution in [3.05, 3.63) is 52.9 Å². The van der Waals surface area contributed by atoms with Gasteiger partial charge in [0.25, 0.3) is 5.56 Å². The zero-order valence-corrected chi connectivity index (χ0v) is 13.4. The summed E-state index contributed by atoms with van der Waals surface area (Å²) < 4.78 is 1.36. The number of hydrogen-bond donors (Lipinski definition) is 0. The predicted octanol–water partition coefficient (Wildman–Crippen LogP) is 2.22. The maximum absolute atomic E-state index is 12.5. The summed E-state index contributed by atoms with van der Waals surface area (Å²) in [5, 5.41) is 0.580. The lowest BCUT2D eigenvalue weighted by Crippen LogP contribution is -2.36. The highest BCUT2D eigenvalue weighted by molar-refractivity contribution is 7.18. The molecule has 0 aliphatic carbocycles. The third-order valence-corrected chi connectivity index (χ3v) is 4.46. The maximum atomic E-state index is 12.5. The van der Waals surface area contributed by atoms with Gasteiger partial charge < -0.3 is 4.90 Å². The molecule has 0 saturated heterocycles. The third kappa shape index (κ3) is 3.33. The molecule has 0 spiro atoms. The van der Waals surface area contributed by atoms with Crippen LogP contribution in [0.15, 0.2) is 42.5 Å². The fourth-order valence-electron chi connectivity index (χ4n) is 2.13. The highest BCUT2D eigenvalue weighted by atomic mass is 32.1. The minimum absolute atomic E-state index is 0.0270. The van der Waals surface area contributed by atoms with Crippen LogP contribution in [-0.2, 0) is 17.8 Å². The van der Waals surface area contributed by atoms with E-state index in [-0.39, 0.29) is 18.0 Å². The first-order valence-corrected chi connectivity index (χ1v) is 7.89. The lowest BCUT2D eigenvalue weighted by molar-refractivity contribution is -0.130. The van der Waals surface area contributed by atoms with Gasteiger partial charge in [0.05, 0.1) is 11.7 Å². The molecule has 0 aromatic carbocycles. The quantitative estimate of drug-likeness (QED) is 0.736. The molecule has 1 amide bonds. The van der Waals surface area contributed by atoms with E-state index in [1.165, 1.54) is 22.2 Å². The van der Waals surface area contributed by atoms with Crippen molar-refractivity contribution in [2.24, 2.45) is 0 Å². The number of amides is 1. The molecule has 0 saturated carbocycles. The van der Waals surface area contributed by atoms with E-state index in [9.17, 15) is 9.59 Å². The Labute approximate surface area is 133 Å². The fraction of sp³-hybridized carbons (Fsp3) is 0.312. The van der Waals surface area contributed by atoms with Gasteiger partial charge in [0, 0.05) is 18.0 Å². The summed E-state index contributed by atoms with van der Waals surface area (Å²) in [6.45, 7) is 10.1. The van der Waals surface area contributed by atoms with Crippen LogP contribution < -0.4 is 5.56 Å². The lowest BCUT2D eigenvalue weighted by atomic mass is 10.3. The monoisotopic (exact) mass is 317 g/mol. The van der Waals surface area contributed by atoms with Gasteiger partial charge in [-0.25, -0.2) is 4.98 Å². The van der Waals surface area contributed by atoms with Crippen molar-refractivity contribution >= 4 is 27.5 Å². The first-order chi connectivity index (χ1) is 10.6. The third-order valence-electron chi connectivity index (χ3n) is 3.27. The molecule has 0 aliphatic rings. The Morgan fingerprint density at radius 2 is 2.09 bits per heavy atom. The van der Waals surface area contributed by atoms with Crippen molar-refractivity contribution in [1.82, 2.24) is 14.5 Å². The van der Waals surface area contributed by atoms with Crippen LogP contribution in [0.3, 0.4) is 0 Å². The standard InChI is InChI=1S/C16H19N3O2S/c1-4-7-18(8-5-2)14(20)10-19-11-17-15-13(16(19)21)9-12(6-3)22-15/h4-5,9,11H,1-2,6-8,10H2,3H3. The number of carbonyl (C=O) groups excluding carboxylic acids is 1. The average Bonchev–Trinajstić information content (AvgIpc) is 2.94. The van der Waals surface area contributed by atoms with Crippen molar-refractivity contribution in [2.45, 2.75) is 19.9 Å². The second kappa shape index (κ2) is 7.17. The molecule has 2 rings (SSSR count). The summed E-state index contributed by atoms with van der Waals surface area (Å²) in [5.41, 5.74) is -0.175. The van der Waals surface area contributed by atoms with Crippen LogP contribution in [0, 0.1) is 0 Å². The first kappa shape index (κ1) is 16.2. The van der Waals surface area contributed by atoms with Gasteiger partial charge in [-0.1, -0.05) is 19.1 Å². The van der Waals surface area contributed by atoms with E-state index in [1.807, 2.05) is 13.0 Å². The highest BCUT2D eigenvalue weighted by Gasteiger charge is 2.14. The molecule has 0 bridgehead atoms. The van der Waals surface area contributed by atoms with Gasteiger partial charge in [0.15, 0.2) is 0 Å². The van der Waals surface area contributed by atoms with Gasteiger partial charge in [-0.3, -0.25) is 14.2 Å². The molecule has 5 nitrogen and oxygen atoms in total. The summed E-state index contributed by atoms with van der Waals surface area (Å²) >= 11 is 1.52. The summed E-state index contributed by atoms with van der Waals surface area (Å²) in [5.74, 6) is -0.158. The zero-order chi connectivity index (χ0) is 16.1. The zero-order valence-electron chi connectivity index (χ0n) is 12.6. The van der Waals surface area contributed by atoms with Crippen LogP contribution in [-0.4, -0.2) is 33.4 Å². The Morgan fingerprint density at radius 1 is 1.41 bits per heavy atom. The molecule has 0 fully saturated rings. The van der Waals surface area contributed by atoms with Crippen LogP contribution in [0.5, 0.6) is 0 Å². The van der Waals surface area contributed by atoms with E-state index in [2.05, 4.69) is 18.1 Å². The van der Waals surface area contributed by atoms with E-state index in [4.69, 9.17) is 0 Å². The Morgan fingerprint density at radius 3 is 2.68 bits per heavy atom. The summed E-state index contributed by atoms with van der Waals surface area (Å²) in [7, 11) is 0. The summed E-state index contributed by atoms with van der Waals surface area (Å²) in [6, 6.07) is 1.86. The van der Waals surface area contributed by atoms with Gasteiger partial charge in [0.1, 0.15) is 11.4 Å². The van der Waals surface area contributed by atoms with E-state index in [1.54, 1.807) is 17.1 Å². The van der Waals surface area contributed by atoms with Gasteiger partial charge in [-0.2, -0.15) is 0 Å². The number of aryl methyl sites for hydroxylation is 1. The second-order valence-corrected chi connectivity index (χ2v) is 5.95. The Bertz CT molecular complexity index is 750. The van der Waals surface area contributed by atoms with Crippen molar-refractivity contribution in [3.63, 3.8) is 0 Å². The molecule has 0 radical (unpaired) electrons. The largest absolute Gasteiger partial charge is 0.334 e. The van der Waals surface area contributed by atoms with Crippen molar-refractivity contribution in [1.29, 1.82) is 0 Å². The molecule has 2 heterocycles. The van der Waals surface area contributed by atoms with Crippen LogP contribution in [0.4, 0.5) is 0 Å². The van der Waals surface area contributed by atoms with E-state index >= 15 is 0 Å². The van der Waals surface area contributed by atoms with E-state index < -0.39 is 0 Å². The van der Waals surface area contributed by atoms with Crippen molar-refractivity contribution in [3.8, 4) is 0 Å². The molecule has 116 valence electrons. The van der Waals surface area contributed by atoms with Gasteiger partial charge in [0.2, 0.25) is 5.91 Å². The molecular formula is C16H19N3O2S. The molecule has 6 heteroatoms. The predicted molar refractivity (Wildman–Crippen MR) is 90.2 cm³/mol. The Balaban J connectivity index is 2.29. The van der Waals surface area contributed by atoms with Crippen LogP contribution in [0.1, 0.15) is 11.8 Å². The average molecular weight is 317 g/mol. The number of aromatic nitrogens is 2. The Hall–Kier alpha value is -2.21. The summed E-state index contributed by atoms with van der Waals surface area (Å²) in [6.07, 6.45) is 5.61. The molecule has 0 N–H and O–H groups in total. The Kier molecular flexibility index (Phi) is 5.27. The molecule has 2 aromatic rings. The molecular weight excluding hydrogens is 298 g/mol. The van der Waals surface area contributed by atoms with Crippen molar-refractivity contribution < 1.29 is 4.79 Å². The van der Waals surface area contributed by atoms with Gasteiger partial charge in [-0.15, -0.1) is 24.5 Å². The summed E-state index contributed by atoms with van der Waals surface area (Å²) in [4.78, 5) is 32.4. The van der Waals surface area contributed by atoms with E-state index in [0.29, 0.717) is 18.5 Å². The molecule has 22 heavy (non-hydrogen) atoms. The molecule has 0 unspecified atom stereocenters. The van der Waals surface area contributed by atoms with Crippen LogP contribution in [0.2, 0.25) is 0 Å². The first-order valence-electron chi connectivity index (χ1n) is 7.08. The van der Waals surface area contributed by atoms with Crippen molar-refractivity contribution in [2.75, 3.05) is 13.1 Å². The smallest absolute Gasteiger partial charge is 0.262 e. The highest BCUT2D eigenvalue weighted by Crippen LogP contribution is 2.20.